The van der Waals surface area contributed by atoms with Crippen LogP contribution >= 0.6 is 0 Å². The zero-order chi connectivity index (χ0) is 17.8. The van der Waals surface area contributed by atoms with E-state index in [1.54, 1.807) is 11.1 Å². The minimum Gasteiger partial charge on any atom is -0.357 e. The van der Waals surface area contributed by atoms with Gasteiger partial charge in [-0.05, 0) is 42.8 Å². The number of benzene rings is 1. The summed E-state index contributed by atoms with van der Waals surface area (Å²) in [5, 5.41) is 4.41. The van der Waals surface area contributed by atoms with E-state index >= 15 is 0 Å². The fraction of sp³-hybridized carbons (Fsp3) is 0.200. The molecule has 1 unspecified atom stereocenters. The Kier molecular flexibility index (Phi) is 4.84. The Bertz CT molecular complexity index is 863. The molecule has 1 amide bonds. The van der Waals surface area contributed by atoms with Crippen molar-refractivity contribution in [3.05, 3.63) is 85.0 Å². The van der Waals surface area contributed by atoms with Gasteiger partial charge in [-0.2, -0.15) is 5.10 Å². The van der Waals surface area contributed by atoms with Crippen LogP contribution in [-0.4, -0.2) is 25.2 Å². The molecule has 0 N–H and O–H groups in total. The van der Waals surface area contributed by atoms with Gasteiger partial charge < -0.3 is 9.47 Å². The van der Waals surface area contributed by atoms with Crippen molar-refractivity contribution in [2.75, 3.05) is 0 Å². The van der Waals surface area contributed by atoms with E-state index in [0.29, 0.717) is 6.54 Å². The highest BCUT2D eigenvalue weighted by Gasteiger charge is 2.22. The lowest BCUT2D eigenvalue weighted by Gasteiger charge is -2.28. The third-order valence-electron chi connectivity index (χ3n) is 4.32. The van der Waals surface area contributed by atoms with Crippen molar-refractivity contribution in [2.24, 2.45) is 7.05 Å². The van der Waals surface area contributed by atoms with Crippen LogP contribution in [0.25, 0.3) is 5.69 Å². The molecule has 1 aromatic carbocycles. The molecular formula is C20H22N4O. The van der Waals surface area contributed by atoms with Crippen molar-refractivity contribution >= 4 is 5.91 Å². The van der Waals surface area contributed by atoms with Gasteiger partial charge in [0.2, 0.25) is 5.91 Å². The van der Waals surface area contributed by atoms with Crippen LogP contribution in [0.15, 0.2) is 73.7 Å². The van der Waals surface area contributed by atoms with Crippen LogP contribution in [0.2, 0.25) is 0 Å². The topological polar surface area (TPSA) is 43.1 Å². The molecule has 128 valence electrons. The maximum absolute atomic E-state index is 12.5. The molecule has 0 fully saturated rings. The molecule has 2 heterocycles. The molecule has 3 aromatic rings. The van der Waals surface area contributed by atoms with E-state index in [1.807, 2.05) is 78.1 Å². The summed E-state index contributed by atoms with van der Waals surface area (Å²) in [4.78, 5) is 14.3. The van der Waals surface area contributed by atoms with E-state index in [2.05, 4.69) is 11.7 Å². The first-order valence-corrected chi connectivity index (χ1v) is 8.23. The number of aromatic nitrogens is 3. The van der Waals surface area contributed by atoms with E-state index in [9.17, 15) is 4.79 Å². The lowest BCUT2D eigenvalue weighted by Crippen LogP contribution is -2.32. The zero-order valence-electron chi connectivity index (χ0n) is 14.5. The van der Waals surface area contributed by atoms with Gasteiger partial charge in [0.1, 0.15) is 0 Å². The molecule has 25 heavy (non-hydrogen) atoms. The molecule has 2 aromatic heterocycles. The first-order valence-electron chi connectivity index (χ1n) is 8.23. The number of amides is 1. The van der Waals surface area contributed by atoms with Crippen LogP contribution in [0, 0.1) is 0 Å². The van der Waals surface area contributed by atoms with Gasteiger partial charge in [-0.25, -0.2) is 4.68 Å². The highest BCUT2D eigenvalue weighted by Crippen LogP contribution is 2.24. The Balaban J connectivity index is 1.91. The molecular weight excluding hydrogens is 312 g/mol. The lowest BCUT2D eigenvalue weighted by atomic mass is 10.1. The first-order chi connectivity index (χ1) is 12.1. The third-order valence-corrected chi connectivity index (χ3v) is 4.32. The Morgan fingerprint density at radius 1 is 1.28 bits per heavy atom. The van der Waals surface area contributed by atoms with Gasteiger partial charge in [0.15, 0.2) is 0 Å². The van der Waals surface area contributed by atoms with Crippen molar-refractivity contribution in [3.63, 3.8) is 0 Å². The smallest absolute Gasteiger partial charge is 0.246 e. The summed E-state index contributed by atoms with van der Waals surface area (Å²) < 4.78 is 3.84. The third kappa shape index (κ3) is 3.55. The Morgan fingerprint density at radius 2 is 2.04 bits per heavy atom. The van der Waals surface area contributed by atoms with E-state index in [0.717, 1.165) is 16.9 Å². The van der Waals surface area contributed by atoms with Gasteiger partial charge in [-0.1, -0.05) is 24.8 Å². The summed E-state index contributed by atoms with van der Waals surface area (Å²) in [6.07, 6.45) is 7.13. The lowest BCUT2D eigenvalue weighted by molar-refractivity contribution is -0.128. The van der Waals surface area contributed by atoms with Gasteiger partial charge >= 0.3 is 0 Å². The Morgan fingerprint density at radius 3 is 2.68 bits per heavy atom. The van der Waals surface area contributed by atoms with Crippen LogP contribution < -0.4 is 0 Å². The fourth-order valence-corrected chi connectivity index (χ4v) is 2.90. The average Bonchev–Trinajstić information content (AvgIpc) is 3.28. The monoisotopic (exact) mass is 334 g/mol. The number of rotatable bonds is 6. The van der Waals surface area contributed by atoms with Crippen LogP contribution in [-0.2, 0) is 18.4 Å². The summed E-state index contributed by atoms with van der Waals surface area (Å²) in [5.41, 5.74) is 3.01. The number of hydrogen-bond donors (Lipinski definition) is 0. The maximum atomic E-state index is 12.5. The average molecular weight is 334 g/mol. The standard InChI is InChI=1S/C20H22N4O/c1-4-20(25)23(16(2)17-11-13-22(3)14-17)15-19-10-12-21-24(19)18-8-6-5-7-9-18/h4-14,16H,1,15H2,2-3H3. The van der Waals surface area contributed by atoms with Crippen molar-refractivity contribution < 1.29 is 4.79 Å². The van der Waals surface area contributed by atoms with E-state index in [4.69, 9.17) is 0 Å². The number of nitrogens with zero attached hydrogens (tertiary/aromatic N) is 4. The van der Waals surface area contributed by atoms with Gasteiger partial charge in [-0.3, -0.25) is 4.79 Å². The summed E-state index contributed by atoms with van der Waals surface area (Å²) in [6.45, 7) is 6.14. The molecule has 3 rings (SSSR count). The second-order valence-electron chi connectivity index (χ2n) is 6.03. The molecule has 0 aliphatic heterocycles. The fourth-order valence-electron chi connectivity index (χ4n) is 2.90. The van der Waals surface area contributed by atoms with E-state index in [-0.39, 0.29) is 11.9 Å². The van der Waals surface area contributed by atoms with E-state index < -0.39 is 0 Å². The first kappa shape index (κ1) is 16.8. The summed E-state index contributed by atoms with van der Waals surface area (Å²) in [5.74, 6) is -0.0998. The summed E-state index contributed by atoms with van der Waals surface area (Å²) in [6, 6.07) is 13.8. The molecule has 0 saturated heterocycles. The molecule has 0 aliphatic carbocycles. The van der Waals surface area contributed by atoms with Crippen LogP contribution in [0.1, 0.15) is 24.2 Å². The van der Waals surface area contributed by atoms with Gasteiger partial charge in [0.05, 0.1) is 24.0 Å². The quantitative estimate of drug-likeness (QED) is 0.648. The number of carbonyl (C=O) groups is 1. The minimum atomic E-state index is -0.0998. The van der Waals surface area contributed by atoms with Gasteiger partial charge in [0.25, 0.3) is 0 Å². The molecule has 0 bridgehead atoms. The van der Waals surface area contributed by atoms with Crippen LogP contribution in [0.4, 0.5) is 0 Å². The molecule has 0 radical (unpaired) electrons. The normalized spacial score (nSPS) is 11.9. The zero-order valence-corrected chi connectivity index (χ0v) is 14.5. The summed E-state index contributed by atoms with van der Waals surface area (Å²) >= 11 is 0. The second kappa shape index (κ2) is 7.21. The van der Waals surface area contributed by atoms with Gasteiger partial charge in [0, 0.05) is 25.6 Å². The summed E-state index contributed by atoms with van der Waals surface area (Å²) in [7, 11) is 1.97. The van der Waals surface area contributed by atoms with Crippen molar-refractivity contribution in [1.29, 1.82) is 0 Å². The number of para-hydroxylation sites is 1. The van der Waals surface area contributed by atoms with Crippen molar-refractivity contribution in [2.45, 2.75) is 19.5 Å². The number of hydrogen-bond acceptors (Lipinski definition) is 2. The highest BCUT2D eigenvalue weighted by atomic mass is 16.2. The van der Waals surface area contributed by atoms with Crippen LogP contribution in [0.3, 0.4) is 0 Å². The van der Waals surface area contributed by atoms with E-state index in [1.165, 1.54) is 6.08 Å². The number of carbonyl (C=O) groups excluding carboxylic acids is 1. The SMILES string of the molecule is C=CC(=O)N(Cc1ccnn1-c1ccccc1)C(C)c1ccn(C)c1. The van der Waals surface area contributed by atoms with Crippen LogP contribution in [0.5, 0.6) is 0 Å². The number of aryl methyl sites for hydroxylation is 1. The molecule has 0 spiro atoms. The Labute approximate surface area is 147 Å². The Hall–Kier alpha value is -3.08. The molecule has 5 nitrogen and oxygen atoms in total. The maximum Gasteiger partial charge on any atom is 0.246 e. The van der Waals surface area contributed by atoms with Gasteiger partial charge in [-0.15, -0.1) is 0 Å². The predicted molar refractivity (Wildman–Crippen MR) is 98.1 cm³/mol. The molecule has 5 heteroatoms. The predicted octanol–water partition coefficient (Wildman–Crippen LogP) is 3.49. The molecule has 0 saturated carbocycles. The molecule has 1 atom stereocenters. The van der Waals surface area contributed by atoms with Crippen molar-refractivity contribution in [1.82, 2.24) is 19.2 Å². The second-order valence-corrected chi connectivity index (χ2v) is 6.03. The minimum absolute atomic E-state index is 0.0641. The largest absolute Gasteiger partial charge is 0.357 e. The van der Waals surface area contributed by atoms with Crippen molar-refractivity contribution in [3.8, 4) is 5.69 Å². The highest BCUT2D eigenvalue weighted by molar-refractivity contribution is 5.87. The molecule has 0 aliphatic rings.